The van der Waals surface area contributed by atoms with Gasteiger partial charge < -0.3 is 9.95 Å². The summed E-state index contributed by atoms with van der Waals surface area (Å²) in [6.07, 6.45) is 0.857. The van der Waals surface area contributed by atoms with E-state index >= 15 is 0 Å². The second-order valence-electron chi connectivity index (χ2n) is 2.95. The van der Waals surface area contributed by atoms with Crippen molar-refractivity contribution in [1.82, 2.24) is 4.98 Å². The summed E-state index contributed by atoms with van der Waals surface area (Å²) < 4.78 is 5.39. The lowest BCUT2D eigenvalue weighted by Gasteiger charge is -1.87. The molecule has 0 aliphatic carbocycles. The van der Waals surface area contributed by atoms with Crippen LogP contribution in [0.25, 0.3) is 16.6 Å². The van der Waals surface area contributed by atoms with Crippen LogP contribution >= 0.6 is 11.8 Å². The molecular formula is C10H7N3O2S. The zero-order valence-electron chi connectivity index (χ0n) is 8.16. The van der Waals surface area contributed by atoms with Crippen molar-refractivity contribution in [1.29, 1.82) is 0 Å². The minimum Gasteiger partial charge on any atom is -0.431 e. The molecule has 0 spiro atoms. The highest BCUT2D eigenvalue weighted by molar-refractivity contribution is 7.99. The molecule has 2 aromatic rings. The van der Waals surface area contributed by atoms with Crippen LogP contribution in [0, 0.1) is 0 Å². The van der Waals surface area contributed by atoms with Crippen LogP contribution in [0.15, 0.2) is 33.9 Å². The largest absolute Gasteiger partial charge is 0.431 e. The molecule has 0 aliphatic rings. The molecule has 6 heteroatoms. The number of ketones is 1. The Morgan fingerprint density at radius 1 is 1.56 bits per heavy atom. The number of carbonyl (C=O) groups excluding carboxylic acids is 1. The topological polar surface area (TPSA) is 79.5 Å². The van der Waals surface area contributed by atoms with Gasteiger partial charge in [0.1, 0.15) is 5.52 Å². The number of rotatable bonds is 4. The predicted octanol–water partition coefficient (Wildman–Crippen LogP) is 1.79. The summed E-state index contributed by atoms with van der Waals surface area (Å²) in [5, 5.41) is 0.431. The minimum absolute atomic E-state index is 0.136. The summed E-state index contributed by atoms with van der Waals surface area (Å²) in [6.45, 7) is 0. The van der Waals surface area contributed by atoms with Crippen molar-refractivity contribution in [2.45, 2.75) is 5.22 Å². The molecule has 0 amide bonds. The smallest absolute Gasteiger partial charge is 0.324 e. The SMILES string of the molecule is [N-]=[N+]=CC(=O)CSc1nc2ccccc2o1. The number of oxazole rings is 1. The van der Waals surface area contributed by atoms with Gasteiger partial charge in [0.25, 0.3) is 5.22 Å². The third kappa shape index (κ3) is 2.36. The first kappa shape index (κ1) is 10.6. The lowest BCUT2D eigenvalue weighted by molar-refractivity contribution is -0.113. The van der Waals surface area contributed by atoms with Gasteiger partial charge in [-0.3, -0.25) is 4.79 Å². The molecule has 0 saturated heterocycles. The third-order valence-electron chi connectivity index (χ3n) is 1.81. The maximum atomic E-state index is 11.0. The third-order valence-corrected chi connectivity index (χ3v) is 2.66. The van der Waals surface area contributed by atoms with Gasteiger partial charge in [0, 0.05) is 0 Å². The highest BCUT2D eigenvalue weighted by Gasteiger charge is 2.09. The van der Waals surface area contributed by atoms with Crippen LogP contribution < -0.4 is 0 Å². The van der Waals surface area contributed by atoms with Gasteiger partial charge in [-0.15, -0.1) is 0 Å². The van der Waals surface area contributed by atoms with Crippen LogP contribution in [0.5, 0.6) is 0 Å². The fourth-order valence-electron chi connectivity index (χ4n) is 1.15. The summed E-state index contributed by atoms with van der Waals surface area (Å²) in [7, 11) is 0. The number of aromatic nitrogens is 1. The van der Waals surface area contributed by atoms with Crippen LogP contribution in [0.4, 0.5) is 0 Å². The predicted molar refractivity (Wildman–Crippen MR) is 59.4 cm³/mol. The number of benzene rings is 1. The Morgan fingerprint density at radius 2 is 2.38 bits per heavy atom. The van der Waals surface area contributed by atoms with Gasteiger partial charge in [-0.25, -0.2) is 4.98 Å². The number of nitrogens with zero attached hydrogens (tertiary/aromatic N) is 3. The fraction of sp³-hybridized carbons (Fsp3) is 0.100. The number of hydrogen-bond acceptors (Lipinski definition) is 4. The van der Waals surface area contributed by atoms with E-state index in [4.69, 9.17) is 9.95 Å². The molecule has 0 radical (unpaired) electrons. The van der Waals surface area contributed by atoms with E-state index in [0.29, 0.717) is 10.8 Å². The number of fused-ring (bicyclic) bond motifs is 1. The average molecular weight is 233 g/mol. The Kier molecular flexibility index (Phi) is 3.14. The van der Waals surface area contributed by atoms with Crippen molar-refractivity contribution in [2.24, 2.45) is 0 Å². The normalized spacial score (nSPS) is 10.0. The lowest BCUT2D eigenvalue weighted by Crippen LogP contribution is -2.02. The van der Waals surface area contributed by atoms with Gasteiger partial charge in [-0.1, -0.05) is 23.9 Å². The molecule has 0 unspecified atom stereocenters. The van der Waals surface area contributed by atoms with Gasteiger partial charge in [-0.05, 0) is 12.1 Å². The van der Waals surface area contributed by atoms with Crippen LogP contribution in [0.2, 0.25) is 0 Å². The second-order valence-corrected chi connectivity index (χ2v) is 3.87. The standard InChI is InChI=1S/C10H7N3O2S/c11-12-5-7(14)6-16-10-13-8-3-1-2-4-9(8)15-10/h1-5H,6H2. The van der Waals surface area contributed by atoms with E-state index in [0.717, 1.165) is 23.5 Å². The molecule has 0 bridgehead atoms. The van der Waals surface area contributed by atoms with Crippen LogP contribution in [-0.4, -0.2) is 27.5 Å². The summed E-state index contributed by atoms with van der Waals surface area (Å²) >= 11 is 1.16. The average Bonchev–Trinajstić information content (AvgIpc) is 2.69. The zero-order chi connectivity index (χ0) is 11.4. The number of hydrogen-bond donors (Lipinski definition) is 0. The van der Waals surface area contributed by atoms with Crippen molar-refractivity contribution in [2.75, 3.05) is 5.75 Å². The van der Waals surface area contributed by atoms with Crippen LogP contribution in [0.3, 0.4) is 0 Å². The van der Waals surface area contributed by atoms with Crippen LogP contribution in [0.1, 0.15) is 0 Å². The Balaban J connectivity index is 2.10. The van der Waals surface area contributed by atoms with Crippen molar-refractivity contribution < 1.29 is 14.0 Å². The maximum Gasteiger partial charge on any atom is 0.324 e. The molecule has 5 nitrogen and oxygen atoms in total. The van der Waals surface area contributed by atoms with Crippen molar-refractivity contribution in [3.63, 3.8) is 0 Å². The number of para-hydroxylation sites is 2. The summed E-state index contributed by atoms with van der Waals surface area (Å²) in [6, 6.07) is 7.36. The van der Waals surface area contributed by atoms with Gasteiger partial charge in [0.2, 0.25) is 5.78 Å². The summed E-state index contributed by atoms with van der Waals surface area (Å²) in [4.78, 5) is 17.9. The van der Waals surface area contributed by atoms with E-state index in [1.54, 1.807) is 0 Å². The first-order valence-corrected chi connectivity index (χ1v) is 5.47. The monoisotopic (exact) mass is 233 g/mol. The molecule has 16 heavy (non-hydrogen) atoms. The number of Topliss-reactive ketones (excluding diaryl/α,β-unsaturated/α-hetero) is 1. The quantitative estimate of drug-likeness (QED) is 0.349. The first-order valence-electron chi connectivity index (χ1n) is 4.48. The molecule has 1 aromatic carbocycles. The Morgan fingerprint density at radius 3 is 3.12 bits per heavy atom. The molecule has 1 aromatic heterocycles. The fourth-order valence-corrected chi connectivity index (χ4v) is 1.80. The van der Waals surface area contributed by atoms with E-state index in [9.17, 15) is 4.79 Å². The summed E-state index contributed by atoms with van der Waals surface area (Å²) in [5.41, 5.74) is 9.59. The number of thioether (sulfide) groups is 1. The van der Waals surface area contributed by atoms with E-state index in [-0.39, 0.29) is 11.5 Å². The molecule has 2 rings (SSSR count). The Labute approximate surface area is 95.1 Å². The molecule has 1 heterocycles. The maximum absolute atomic E-state index is 11.0. The number of carbonyl (C=O) groups is 1. The van der Waals surface area contributed by atoms with Crippen molar-refractivity contribution in [3.05, 3.63) is 29.8 Å². The molecule has 0 saturated carbocycles. The highest BCUT2D eigenvalue weighted by atomic mass is 32.2. The van der Waals surface area contributed by atoms with Gasteiger partial charge >= 0.3 is 6.21 Å². The van der Waals surface area contributed by atoms with Gasteiger partial charge in [0.15, 0.2) is 5.58 Å². The molecule has 80 valence electrons. The Bertz CT molecular complexity index is 539. The van der Waals surface area contributed by atoms with Crippen molar-refractivity contribution in [3.8, 4) is 0 Å². The molecular weight excluding hydrogens is 226 g/mol. The molecule has 0 N–H and O–H groups in total. The molecule has 0 atom stereocenters. The second kappa shape index (κ2) is 4.74. The van der Waals surface area contributed by atoms with Gasteiger partial charge in [0.05, 0.1) is 5.75 Å². The van der Waals surface area contributed by atoms with Crippen LogP contribution in [-0.2, 0) is 4.79 Å². The lowest BCUT2D eigenvalue weighted by atomic mass is 10.3. The van der Waals surface area contributed by atoms with Gasteiger partial charge in [-0.2, -0.15) is 4.79 Å². The molecule has 0 aliphatic heterocycles. The highest BCUT2D eigenvalue weighted by Crippen LogP contribution is 2.22. The Hall–Kier alpha value is -1.91. The minimum atomic E-state index is -0.297. The van der Waals surface area contributed by atoms with E-state index in [2.05, 4.69) is 9.77 Å². The zero-order valence-corrected chi connectivity index (χ0v) is 8.98. The van der Waals surface area contributed by atoms with E-state index < -0.39 is 0 Å². The van der Waals surface area contributed by atoms with Crippen molar-refractivity contribution >= 4 is 34.9 Å². The van der Waals surface area contributed by atoms with E-state index in [1.807, 2.05) is 24.3 Å². The van der Waals surface area contributed by atoms with E-state index in [1.165, 1.54) is 0 Å². The first-order chi connectivity index (χ1) is 7.79. The summed E-state index contributed by atoms with van der Waals surface area (Å²) in [5.74, 6) is -0.161. The molecule has 0 fully saturated rings.